The minimum absolute atomic E-state index is 0.0402. The van der Waals surface area contributed by atoms with Gasteiger partial charge < -0.3 is 4.74 Å². The van der Waals surface area contributed by atoms with E-state index < -0.39 is 12.1 Å². The van der Waals surface area contributed by atoms with Crippen molar-refractivity contribution in [2.45, 2.75) is 124 Å². The molecule has 0 spiro atoms. The molecule has 2 nitrogen and oxygen atoms in total. The van der Waals surface area contributed by atoms with Crippen molar-refractivity contribution in [1.82, 2.24) is 0 Å². The molecule has 3 saturated carbocycles. The Morgan fingerprint density at radius 1 is 0.714 bits per heavy atom. The molecule has 0 heterocycles. The van der Waals surface area contributed by atoms with Crippen LogP contribution in [0.15, 0.2) is 0 Å². The maximum Gasteiger partial charge on any atom is 0.312 e. The lowest BCUT2D eigenvalue weighted by Gasteiger charge is -2.38. The first-order valence-electron chi connectivity index (χ1n) is 12.4. The molecule has 0 aromatic heterocycles. The Morgan fingerprint density at radius 2 is 1.18 bits per heavy atom. The van der Waals surface area contributed by atoms with Crippen LogP contribution in [0.4, 0.5) is 4.39 Å². The lowest BCUT2D eigenvalue weighted by Crippen LogP contribution is -2.38. The summed E-state index contributed by atoms with van der Waals surface area (Å²) in [6, 6.07) is 0. The number of rotatable bonds is 3. The molecule has 28 heavy (non-hydrogen) atoms. The molecular formula is C25H47FO2. The zero-order valence-corrected chi connectivity index (χ0v) is 19.5. The van der Waals surface area contributed by atoms with Gasteiger partial charge in [0, 0.05) is 0 Å². The van der Waals surface area contributed by atoms with Gasteiger partial charge in [0.15, 0.2) is 0 Å². The number of halogens is 1. The molecule has 3 aliphatic rings. The van der Waals surface area contributed by atoms with Gasteiger partial charge in [-0.3, -0.25) is 4.79 Å². The molecule has 0 N–H and O–H groups in total. The van der Waals surface area contributed by atoms with Gasteiger partial charge in [0.2, 0.25) is 0 Å². The first kappa shape index (κ1) is 25.4. The van der Waals surface area contributed by atoms with E-state index in [1.54, 1.807) is 0 Å². The largest absolute Gasteiger partial charge is 0.462 e. The highest BCUT2D eigenvalue weighted by molar-refractivity contribution is 5.73. The van der Waals surface area contributed by atoms with Crippen LogP contribution in [-0.4, -0.2) is 18.2 Å². The molecule has 0 radical (unpaired) electrons. The van der Waals surface area contributed by atoms with Gasteiger partial charge in [-0.25, -0.2) is 4.39 Å². The predicted molar refractivity (Wildman–Crippen MR) is 117 cm³/mol. The summed E-state index contributed by atoms with van der Waals surface area (Å²) in [4.78, 5) is 12.4. The second-order valence-electron chi connectivity index (χ2n) is 9.03. The zero-order valence-electron chi connectivity index (χ0n) is 19.5. The minimum atomic E-state index is -0.988. The molecular weight excluding hydrogens is 351 g/mol. The van der Waals surface area contributed by atoms with Crippen molar-refractivity contribution in [3.63, 3.8) is 0 Å². The van der Waals surface area contributed by atoms with Crippen LogP contribution in [-0.2, 0) is 9.53 Å². The van der Waals surface area contributed by atoms with E-state index in [1.165, 1.54) is 25.7 Å². The third-order valence-corrected chi connectivity index (χ3v) is 7.09. The zero-order chi connectivity index (χ0) is 21.1. The minimum Gasteiger partial charge on any atom is -0.462 e. The SMILES string of the molecule is CC.CC.CC1CCC(OC(=O)C2CCC(C3CCC(C)CC3)CC2F)CC1. The van der Waals surface area contributed by atoms with Crippen LogP contribution >= 0.6 is 0 Å². The Hall–Kier alpha value is -0.600. The lowest BCUT2D eigenvalue weighted by molar-refractivity contribution is -0.160. The van der Waals surface area contributed by atoms with Gasteiger partial charge in [-0.15, -0.1) is 0 Å². The highest BCUT2D eigenvalue weighted by Crippen LogP contribution is 2.42. The van der Waals surface area contributed by atoms with Crippen molar-refractivity contribution >= 4 is 5.97 Å². The van der Waals surface area contributed by atoms with E-state index in [9.17, 15) is 9.18 Å². The van der Waals surface area contributed by atoms with Crippen LogP contribution in [0.1, 0.15) is 112 Å². The van der Waals surface area contributed by atoms with Gasteiger partial charge in [-0.1, -0.05) is 54.4 Å². The number of esters is 1. The molecule has 0 bridgehead atoms. The quantitative estimate of drug-likeness (QED) is 0.454. The molecule has 3 unspecified atom stereocenters. The van der Waals surface area contributed by atoms with Gasteiger partial charge in [0.1, 0.15) is 12.3 Å². The smallest absolute Gasteiger partial charge is 0.312 e. The molecule has 3 rings (SSSR count). The summed E-state index contributed by atoms with van der Waals surface area (Å²) in [6.07, 6.45) is 10.6. The third-order valence-electron chi connectivity index (χ3n) is 7.09. The second-order valence-corrected chi connectivity index (χ2v) is 9.03. The topological polar surface area (TPSA) is 26.3 Å². The Morgan fingerprint density at radius 3 is 1.68 bits per heavy atom. The van der Waals surface area contributed by atoms with E-state index in [2.05, 4.69) is 13.8 Å². The molecule has 3 atom stereocenters. The number of carbonyl (C=O) groups excluding carboxylic acids is 1. The summed E-state index contributed by atoms with van der Waals surface area (Å²) < 4.78 is 20.4. The summed E-state index contributed by atoms with van der Waals surface area (Å²) in [6.45, 7) is 12.6. The van der Waals surface area contributed by atoms with Gasteiger partial charge >= 0.3 is 5.97 Å². The van der Waals surface area contributed by atoms with Crippen molar-refractivity contribution in [2.24, 2.45) is 29.6 Å². The van der Waals surface area contributed by atoms with E-state index in [0.29, 0.717) is 24.7 Å². The molecule has 0 aromatic carbocycles. The summed E-state index contributed by atoms with van der Waals surface area (Å²) in [5, 5.41) is 0. The number of alkyl halides is 1. The van der Waals surface area contributed by atoms with E-state index in [4.69, 9.17) is 4.74 Å². The fourth-order valence-corrected chi connectivity index (χ4v) is 5.20. The highest BCUT2D eigenvalue weighted by atomic mass is 19.1. The fraction of sp³-hybridized carbons (Fsp3) is 0.960. The molecule has 3 fully saturated rings. The van der Waals surface area contributed by atoms with E-state index in [0.717, 1.165) is 43.9 Å². The molecule has 0 aliphatic heterocycles. The highest BCUT2D eigenvalue weighted by Gasteiger charge is 2.40. The van der Waals surface area contributed by atoms with Crippen LogP contribution in [0.2, 0.25) is 0 Å². The van der Waals surface area contributed by atoms with Gasteiger partial charge in [0.05, 0.1) is 5.92 Å². The van der Waals surface area contributed by atoms with Crippen molar-refractivity contribution in [2.75, 3.05) is 0 Å². The van der Waals surface area contributed by atoms with Crippen molar-refractivity contribution in [3.8, 4) is 0 Å². The molecule has 0 aromatic rings. The average molecular weight is 399 g/mol. The summed E-state index contributed by atoms with van der Waals surface area (Å²) in [7, 11) is 0. The van der Waals surface area contributed by atoms with Gasteiger partial charge in [0.25, 0.3) is 0 Å². The molecule has 3 aliphatic carbocycles. The van der Waals surface area contributed by atoms with Crippen LogP contribution in [0.5, 0.6) is 0 Å². The molecule has 166 valence electrons. The monoisotopic (exact) mass is 398 g/mol. The third kappa shape index (κ3) is 7.67. The fourth-order valence-electron chi connectivity index (χ4n) is 5.20. The number of carbonyl (C=O) groups is 1. The maximum atomic E-state index is 14.7. The summed E-state index contributed by atoms with van der Waals surface area (Å²) in [5.41, 5.74) is 0. The Bertz CT molecular complexity index is 409. The normalized spacial score (nSPS) is 38.2. The predicted octanol–water partition coefficient (Wildman–Crippen LogP) is 7.74. The van der Waals surface area contributed by atoms with Gasteiger partial charge in [-0.2, -0.15) is 0 Å². The second kappa shape index (κ2) is 13.6. The Balaban J connectivity index is 0.000000921. The summed E-state index contributed by atoms with van der Waals surface area (Å²) >= 11 is 0. The number of hydrogen-bond acceptors (Lipinski definition) is 2. The molecule has 0 saturated heterocycles. The standard InChI is InChI=1S/C21H35FO2.2C2H6/c1-14-3-7-16(8-4-14)17-9-12-19(20(22)13-17)21(23)24-18-10-5-15(2)6-11-18;2*1-2/h14-20H,3-13H2,1-2H3;2*1-2H3. The first-order valence-corrected chi connectivity index (χ1v) is 12.4. The number of hydrogen-bond donors (Lipinski definition) is 0. The van der Waals surface area contributed by atoms with Crippen molar-refractivity contribution in [3.05, 3.63) is 0 Å². The molecule has 3 heteroatoms. The Labute approximate surface area is 174 Å². The van der Waals surface area contributed by atoms with Crippen LogP contribution in [0.3, 0.4) is 0 Å². The summed E-state index contributed by atoms with van der Waals surface area (Å²) in [5.74, 6) is 2.01. The van der Waals surface area contributed by atoms with Crippen molar-refractivity contribution < 1.29 is 13.9 Å². The van der Waals surface area contributed by atoms with Gasteiger partial charge in [-0.05, 0) is 81.5 Å². The van der Waals surface area contributed by atoms with Crippen LogP contribution in [0, 0.1) is 29.6 Å². The van der Waals surface area contributed by atoms with Crippen LogP contribution in [0.25, 0.3) is 0 Å². The Kier molecular flexibility index (Phi) is 12.3. The first-order chi connectivity index (χ1) is 13.5. The van der Waals surface area contributed by atoms with E-state index in [-0.39, 0.29) is 12.1 Å². The average Bonchev–Trinajstić information content (AvgIpc) is 2.73. The lowest BCUT2D eigenvalue weighted by atomic mass is 9.69. The van der Waals surface area contributed by atoms with E-state index >= 15 is 0 Å². The van der Waals surface area contributed by atoms with Crippen LogP contribution < -0.4 is 0 Å². The van der Waals surface area contributed by atoms with E-state index in [1.807, 2.05) is 27.7 Å². The number of ether oxygens (including phenoxy) is 1. The maximum absolute atomic E-state index is 14.7. The molecule has 0 amide bonds. The van der Waals surface area contributed by atoms with Crippen molar-refractivity contribution in [1.29, 1.82) is 0 Å².